The molecule has 0 aromatic carbocycles. The number of halogens is 3. The quantitative estimate of drug-likeness (QED) is 0.403. The number of urea groups is 1. The Labute approximate surface area is 208 Å². The second-order valence-electron chi connectivity index (χ2n) is 8.57. The van der Waals surface area contributed by atoms with Crippen LogP contribution in [0.3, 0.4) is 0 Å². The predicted molar refractivity (Wildman–Crippen MR) is 122 cm³/mol. The Kier molecular flexibility index (Phi) is 7.58. The van der Waals surface area contributed by atoms with E-state index in [0.29, 0.717) is 25.2 Å². The molecule has 2 aliphatic heterocycles. The number of ether oxygens (including phenoxy) is 1. The molecule has 1 saturated heterocycles. The van der Waals surface area contributed by atoms with Crippen molar-refractivity contribution in [2.24, 2.45) is 0 Å². The number of anilines is 3. The van der Waals surface area contributed by atoms with Gasteiger partial charge >= 0.3 is 12.2 Å². The standard InChI is InChI=1S/C21H25F3N8O5/c1-11(21(22,23)24)28-19(35)17-25-6-14-18(30-17)32(12-3-2-4-31(14)7-12)20(36)29-15-5-16(27-10-26-15)37-9-13(34)8-33/h5-6,10-13,33-34H,2-4,7-9H2,1H3,(H,28,35)(H,26,27,29,36)/t11-,12+,13+/m1/s1. The van der Waals surface area contributed by atoms with Gasteiger partial charge in [0.15, 0.2) is 5.82 Å². The number of fused-ring (bicyclic) bond motifs is 4. The minimum Gasteiger partial charge on any atom is -0.475 e. The fourth-order valence-corrected chi connectivity index (χ4v) is 3.93. The number of carbonyl (C=O) groups excluding carboxylic acids is 2. The Morgan fingerprint density at radius 1 is 1.30 bits per heavy atom. The van der Waals surface area contributed by atoms with Crippen LogP contribution < -0.4 is 25.2 Å². The third-order valence-electron chi connectivity index (χ3n) is 5.85. The fraction of sp³-hybridized carbons (Fsp3) is 0.524. The first-order valence-corrected chi connectivity index (χ1v) is 11.4. The van der Waals surface area contributed by atoms with E-state index in [1.54, 1.807) is 0 Å². The molecule has 2 aliphatic rings. The molecule has 0 spiro atoms. The molecule has 2 aromatic rings. The average Bonchev–Trinajstić information content (AvgIpc) is 2.86. The summed E-state index contributed by atoms with van der Waals surface area (Å²) in [5.41, 5.74) is 0.469. The van der Waals surface area contributed by atoms with E-state index in [1.165, 1.54) is 17.2 Å². The van der Waals surface area contributed by atoms with Gasteiger partial charge in [0.25, 0.3) is 5.91 Å². The van der Waals surface area contributed by atoms with Crippen molar-refractivity contribution >= 4 is 29.3 Å². The minimum atomic E-state index is -4.64. The van der Waals surface area contributed by atoms with E-state index >= 15 is 0 Å². The zero-order valence-electron chi connectivity index (χ0n) is 19.6. The number of rotatable bonds is 7. The van der Waals surface area contributed by atoms with Gasteiger partial charge in [0.2, 0.25) is 11.7 Å². The molecule has 13 nitrogen and oxygen atoms in total. The summed E-state index contributed by atoms with van der Waals surface area (Å²) in [7, 11) is 0. The number of amides is 3. The molecule has 37 heavy (non-hydrogen) atoms. The molecule has 0 radical (unpaired) electrons. The Bertz CT molecular complexity index is 1150. The number of carbonyl (C=O) groups is 2. The maximum absolute atomic E-state index is 13.4. The van der Waals surface area contributed by atoms with Crippen molar-refractivity contribution in [3.63, 3.8) is 0 Å². The number of piperidine rings is 1. The third-order valence-corrected chi connectivity index (χ3v) is 5.85. The highest BCUT2D eigenvalue weighted by Crippen LogP contribution is 2.37. The van der Waals surface area contributed by atoms with Crippen LogP contribution in [0, 0.1) is 0 Å². The van der Waals surface area contributed by atoms with Crippen molar-refractivity contribution in [1.29, 1.82) is 0 Å². The highest BCUT2D eigenvalue weighted by Gasteiger charge is 2.40. The van der Waals surface area contributed by atoms with E-state index in [0.717, 1.165) is 19.7 Å². The van der Waals surface area contributed by atoms with Crippen molar-refractivity contribution in [2.75, 3.05) is 41.4 Å². The number of nitrogens with zero attached hydrogens (tertiary/aromatic N) is 6. The second-order valence-corrected chi connectivity index (χ2v) is 8.57. The predicted octanol–water partition coefficient (Wildman–Crippen LogP) is 0.700. The van der Waals surface area contributed by atoms with Gasteiger partial charge in [-0.25, -0.2) is 24.7 Å². The van der Waals surface area contributed by atoms with Crippen molar-refractivity contribution in [3.05, 3.63) is 24.4 Å². The van der Waals surface area contributed by atoms with E-state index in [-0.39, 0.29) is 30.2 Å². The highest BCUT2D eigenvalue weighted by molar-refractivity contribution is 6.04. The van der Waals surface area contributed by atoms with Crippen LogP contribution in [0.1, 0.15) is 30.4 Å². The summed E-state index contributed by atoms with van der Waals surface area (Å²) in [6.07, 6.45) is -1.89. The van der Waals surface area contributed by atoms with Crippen LogP contribution >= 0.6 is 0 Å². The molecule has 4 N–H and O–H groups in total. The van der Waals surface area contributed by atoms with Crippen LogP contribution in [0.15, 0.2) is 18.6 Å². The molecule has 4 rings (SSSR count). The number of hydrogen-bond donors (Lipinski definition) is 4. The van der Waals surface area contributed by atoms with Gasteiger partial charge in [0, 0.05) is 19.2 Å². The Hall–Kier alpha value is -3.79. The highest BCUT2D eigenvalue weighted by atomic mass is 19.4. The van der Waals surface area contributed by atoms with Crippen LogP contribution in [0.25, 0.3) is 0 Å². The largest absolute Gasteiger partial charge is 0.475 e. The Morgan fingerprint density at radius 2 is 2.08 bits per heavy atom. The van der Waals surface area contributed by atoms with Gasteiger partial charge in [-0.15, -0.1) is 0 Å². The first-order valence-electron chi connectivity index (χ1n) is 11.4. The smallest absolute Gasteiger partial charge is 0.408 e. The number of alkyl halides is 3. The lowest BCUT2D eigenvalue weighted by molar-refractivity contribution is -0.149. The average molecular weight is 526 g/mol. The molecule has 2 aromatic heterocycles. The number of hydrogen-bond acceptors (Lipinski definition) is 10. The van der Waals surface area contributed by atoms with Crippen molar-refractivity contribution in [1.82, 2.24) is 25.3 Å². The van der Waals surface area contributed by atoms with E-state index in [2.05, 4.69) is 25.3 Å². The topological polar surface area (TPSA) is 166 Å². The zero-order valence-corrected chi connectivity index (χ0v) is 19.6. The van der Waals surface area contributed by atoms with Gasteiger partial charge in [0.1, 0.15) is 30.9 Å². The molecule has 2 bridgehead atoms. The molecule has 16 heteroatoms. The number of nitrogens with one attached hydrogen (secondary N) is 2. The van der Waals surface area contributed by atoms with Gasteiger partial charge in [0.05, 0.1) is 24.5 Å². The summed E-state index contributed by atoms with van der Waals surface area (Å²) in [6, 6.07) is -1.76. The summed E-state index contributed by atoms with van der Waals surface area (Å²) in [5, 5.41) is 22.8. The van der Waals surface area contributed by atoms with E-state index in [4.69, 9.17) is 9.84 Å². The molecule has 0 saturated carbocycles. The normalized spacial score (nSPS) is 18.5. The van der Waals surface area contributed by atoms with Gasteiger partial charge in [-0.05, 0) is 19.8 Å². The number of aliphatic hydroxyl groups is 2. The van der Waals surface area contributed by atoms with Crippen LogP contribution in [0.4, 0.5) is 35.3 Å². The van der Waals surface area contributed by atoms with Gasteiger partial charge in [-0.3, -0.25) is 15.0 Å². The molecular formula is C21H25F3N8O5. The zero-order chi connectivity index (χ0) is 26.7. The van der Waals surface area contributed by atoms with Crippen LogP contribution in [0.5, 0.6) is 5.88 Å². The van der Waals surface area contributed by atoms with Crippen molar-refractivity contribution < 1.29 is 37.7 Å². The van der Waals surface area contributed by atoms with Gasteiger partial charge in [-0.2, -0.15) is 13.2 Å². The molecule has 0 aliphatic carbocycles. The van der Waals surface area contributed by atoms with Crippen molar-refractivity contribution in [3.8, 4) is 5.88 Å². The van der Waals surface area contributed by atoms with E-state index < -0.39 is 42.7 Å². The third kappa shape index (κ3) is 5.96. The van der Waals surface area contributed by atoms with Crippen molar-refractivity contribution in [2.45, 2.75) is 44.1 Å². The lowest BCUT2D eigenvalue weighted by atomic mass is 10.0. The summed E-state index contributed by atoms with van der Waals surface area (Å²) in [6.45, 7) is 1.23. The number of aliphatic hydroxyl groups excluding tert-OH is 2. The summed E-state index contributed by atoms with van der Waals surface area (Å²) in [4.78, 5) is 45.1. The SMILES string of the molecule is C[C@@H](NC(=O)c1ncc2c(n1)N(C(=O)Nc1cc(OC[C@@H](O)CO)ncn1)[C@H]1CCCN2C1)C(F)(F)F. The monoisotopic (exact) mass is 526 g/mol. The van der Waals surface area contributed by atoms with Crippen LogP contribution in [-0.4, -0.2) is 92.8 Å². The molecule has 3 atom stereocenters. The molecule has 4 heterocycles. The van der Waals surface area contributed by atoms with Gasteiger partial charge in [-0.1, -0.05) is 0 Å². The molecule has 0 unspecified atom stereocenters. The molecular weight excluding hydrogens is 501 g/mol. The lowest BCUT2D eigenvalue weighted by Gasteiger charge is -2.45. The summed E-state index contributed by atoms with van der Waals surface area (Å²) < 4.78 is 44.0. The summed E-state index contributed by atoms with van der Waals surface area (Å²) in [5.74, 6) is -1.43. The maximum atomic E-state index is 13.4. The van der Waals surface area contributed by atoms with Crippen LogP contribution in [0.2, 0.25) is 0 Å². The van der Waals surface area contributed by atoms with Gasteiger partial charge < -0.3 is 25.2 Å². The van der Waals surface area contributed by atoms with Crippen LogP contribution in [-0.2, 0) is 0 Å². The molecule has 3 amide bonds. The fourth-order valence-electron chi connectivity index (χ4n) is 3.93. The minimum absolute atomic E-state index is 0.0424. The molecule has 200 valence electrons. The molecule has 1 fully saturated rings. The Morgan fingerprint density at radius 3 is 2.81 bits per heavy atom. The second kappa shape index (κ2) is 10.7. The first kappa shape index (κ1) is 26.3. The lowest BCUT2D eigenvalue weighted by Crippen LogP contribution is -2.56. The van der Waals surface area contributed by atoms with E-state index in [1.807, 2.05) is 10.2 Å². The van der Waals surface area contributed by atoms with E-state index in [9.17, 15) is 27.9 Å². The Balaban J connectivity index is 1.57. The number of aromatic nitrogens is 4. The maximum Gasteiger partial charge on any atom is 0.408 e. The first-order chi connectivity index (χ1) is 17.6. The summed E-state index contributed by atoms with van der Waals surface area (Å²) >= 11 is 0.